The molecule has 1 aliphatic heterocycles. The number of methoxy groups -OCH3 is 1. The van der Waals surface area contributed by atoms with Crippen molar-refractivity contribution in [2.24, 2.45) is 5.73 Å². The molecule has 0 aliphatic carbocycles. The van der Waals surface area contributed by atoms with Gasteiger partial charge in [-0.3, -0.25) is 4.90 Å². The van der Waals surface area contributed by atoms with Crippen LogP contribution in [0.5, 0.6) is 0 Å². The van der Waals surface area contributed by atoms with Crippen LogP contribution in [0.4, 0.5) is 0 Å². The van der Waals surface area contributed by atoms with Gasteiger partial charge in [0.15, 0.2) is 0 Å². The number of carbonyl (C=O) groups excluding carboxylic acids is 1. The normalized spacial score (nSPS) is 19.2. The third-order valence-corrected chi connectivity index (χ3v) is 3.77. The summed E-state index contributed by atoms with van der Waals surface area (Å²) in [4.78, 5) is 13.8. The van der Waals surface area contributed by atoms with Crippen LogP contribution >= 0.6 is 24.0 Å². The van der Waals surface area contributed by atoms with Crippen LogP contribution in [0, 0.1) is 0 Å². The summed E-state index contributed by atoms with van der Waals surface area (Å²) in [5.41, 5.74) is 7.44. The van der Waals surface area contributed by atoms with Gasteiger partial charge in [-0.15, -0.1) is 12.4 Å². The second-order valence-corrected chi connectivity index (χ2v) is 5.34. The van der Waals surface area contributed by atoms with Crippen molar-refractivity contribution < 1.29 is 9.53 Å². The number of nitrogens with zero attached hydrogens (tertiary/aromatic N) is 1. The summed E-state index contributed by atoms with van der Waals surface area (Å²) in [6.45, 7) is 2.61. The van der Waals surface area contributed by atoms with E-state index in [1.807, 2.05) is 0 Å². The van der Waals surface area contributed by atoms with Crippen LogP contribution in [0.25, 0.3) is 0 Å². The Morgan fingerprint density at radius 2 is 2.30 bits per heavy atom. The van der Waals surface area contributed by atoms with Gasteiger partial charge in [0.1, 0.15) is 0 Å². The van der Waals surface area contributed by atoms with E-state index in [1.165, 1.54) is 7.11 Å². The van der Waals surface area contributed by atoms with Crippen LogP contribution in [0.15, 0.2) is 18.2 Å². The molecule has 1 fully saturated rings. The van der Waals surface area contributed by atoms with Crippen molar-refractivity contribution in [1.29, 1.82) is 0 Å². The zero-order valence-electron chi connectivity index (χ0n) is 11.5. The fourth-order valence-electron chi connectivity index (χ4n) is 2.42. The van der Waals surface area contributed by atoms with E-state index in [4.69, 9.17) is 22.1 Å². The molecule has 20 heavy (non-hydrogen) atoms. The summed E-state index contributed by atoms with van der Waals surface area (Å²) in [6, 6.07) is 5.46. The number of ether oxygens (including phenoxy) is 1. The first kappa shape index (κ1) is 17.2. The first-order valence-corrected chi connectivity index (χ1v) is 6.82. The molecule has 0 amide bonds. The number of carbonyl (C=O) groups is 1. The van der Waals surface area contributed by atoms with Gasteiger partial charge in [0.05, 0.1) is 12.7 Å². The molecule has 1 heterocycles. The zero-order valence-corrected chi connectivity index (χ0v) is 13.0. The predicted octanol–water partition coefficient (Wildman–Crippen LogP) is 2.47. The first-order valence-electron chi connectivity index (χ1n) is 6.45. The van der Waals surface area contributed by atoms with Crippen molar-refractivity contribution in [2.75, 3.05) is 20.2 Å². The van der Waals surface area contributed by atoms with E-state index < -0.39 is 0 Å². The third-order valence-electron chi connectivity index (χ3n) is 3.40. The Morgan fingerprint density at radius 3 is 2.95 bits per heavy atom. The van der Waals surface area contributed by atoms with Crippen LogP contribution < -0.4 is 5.73 Å². The average Bonchev–Trinajstić information content (AvgIpc) is 2.40. The van der Waals surface area contributed by atoms with Crippen molar-refractivity contribution >= 4 is 30.0 Å². The van der Waals surface area contributed by atoms with Crippen molar-refractivity contribution in [1.82, 2.24) is 4.90 Å². The standard InChI is InChI=1S/C14H19ClN2O2.ClH/c1-19-14(18)10-4-5-13(15)11(7-10)8-17-6-2-3-12(16)9-17;/h4-5,7,12H,2-3,6,8-9,16H2,1H3;1H/t12-;/m1./s1. The van der Waals surface area contributed by atoms with Crippen molar-refractivity contribution in [3.63, 3.8) is 0 Å². The molecule has 2 N–H and O–H groups in total. The number of hydrogen-bond donors (Lipinski definition) is 1. The Hall–Kier alpha value is -0.810. The number of halogens is 2. The van der Waals surface area contributed by atoms with Crippen LogP contribution in [-0.2, 0) is 11.3 Å². The molecule has 0 unspecified atom stereocenters. The third kappa shape index (κ3) is 4.35. The maximum absolute atomic E-state index is 11.5. The van der Waals surface area contributed by atoms with Gasteiger partial charge in [-0.25, -0.2) is 4.79 Å². The predicted molar refractivity (Wildman–Crippen MR) is 82.5 cm³/mol. The highest BCUT2D eigenvalue weighted by Crippen LogP contribution is 2.21. The van der Waals surface area contributed by atoms with Crippen LogP contribution in [0.2, 0.25) is 5.02 Å². The highest BCUT2D eigenvalue weighted by atomic mass is 35.5. The molecular formula is C14H20Cl2N2O2. The first-order chi connectivity index (χ1) is 9.10. The minimum atomic E-state index is -0.340. The van der Waals surface area contributed by atoms with Crippen molar-refractivity contribution in [2.45, 2.75) is 25.4 Å². The molecule has 6 heteroatoms. The van der Waals surface area contributed by atoms with E-state index in [2.05, 4.69) is 4.90 Å². The molecule has 0 spiro atoms. The van der Waals surface area contributed by atoms with Gasteiger partial charge in [-0.05, 0) is 43.1 Å². The summed E-state index contributed by atoms with van der Waals surface area (Å²) < 4.78 is 4.72. The van der Waals surface area contributed by atoms with Gasteiger partial charge >= 0.3 is 5.97 Å². The largest absolute Gasteiger partial charge is 0.465 e. The maximum Gasteiger partial charge on any atom is 0.337 e. The molecule has 2 rings (SSSR count). The summed E-state index contributed by atoms with van der Waals surface area (Å²) in [6.07, 6.45) is 2.18. The minimum absolute atomic E-state index is 0. The van der Waals surface area contributed by atoms with E-state index in [-0.39, 0.29) is 24.4 Å². The number of rotatable bonds is 3. The number of likely N-dealkylation sites (tertiary alicyclic amines) is 1. The number of piperidine rings is 1. The lowest BCUT2D eigenvalue weighted by Crippen LogP contribution is -2.42. The van der Waals surface area contributed by atoms with E-state index >= 15 is 0 Å². The van der Waals surface area contributed by atoms with E-state index in [0.717, 1.165) is 38.0 Å². The molecule has 1 saturated heterocycles. The lowest BCUT2D eigenvalue weighted by molar-refractivity contribution is 0.0600. The summed E-state index contributed by atoms with van der Waals surface area (Å²) >= 11 is 6.19. The Bertz CT molecular complexity index is 468. The molecule has 1 aromatic rings. The second-order valence-electron chi connectivity index (χ2n) is 4.94. The Balaban J connectivity index is 0.00000200. The molecule has 0 saturated carbocycles. The van der Waals surface area contributed by atoms with Crippen LogP contribution in [-0.4, -0.2) is 37.1 Å². The summed E-state index contributed by atoms with van der Waals surface area (Å²) in [7, 11) is 1.38. The quantitative estimate of drug-likeness (QED) is 0.870. The van der Waals surface area contributed by atoms with Gasteiger partial charge in [-0.2, -0.15) is 0 Å². The highest BCUT2D eigenvalue weighted by molar-refractivity contribution is 6.31. The van der Waals surface area contributed by atoms with E-state index in [9.17, 15) is 4.79 Å². The van der Waals surface area contributed by atoms with Crippen LogP contribution in [0.3, 0.4) is 0 Å². The Kier molecular flexibility index (Phi) is 6.76. The van der Waals surface area contributed by atoms with Crippen LogP contribution in [0.1, 0.15) is 28.8 Å². The fraction of sp³-hybridized carbons (Fsp3) is 0.500. The number of esters is 1. The average molecular weight is 319 g/mol. The van der Waals surface area contributed by atoms with Gasteiger partial charge in [0, 0.05) is 24.2 Å². The maximum atomic E-state index is 11.5. The van der Waals surface area contributed by atoms with Crippen molar-refractivity contribution in [3.05, 3.63) is 34.3 Å². The molecular weight excluding hydrogens is 299 g/mol. The van der Waals surface area contributed by atoms with Gasteiger partial charge in [0.25, 0.3) is 0 Å². The zero-order chi connectivity index (χ0) is 13.8. The van der Waals surface area contributed by atoms with Gasteiger partial charge in [0.2, 0.25) is 0 Å². The number of hydrogen-bond acceptors (Lipinski definition) is 4. The molecule has 0 bridgehead atoms. The Labute approximate surface area is 130 Å². The Morgan fingerprint density at radius 1 is 1.55 bits per heavy atom. The van der Waals surface area contributed by atoms with Crippen molar-refractivity contribution in [3.8, 4) is 0 Å². The molecule has 1 atom stereocenters. The fourth-order valence-corrected chi connectivity index (χ4v) is 2.59. The lowest BCUT2D eigenvalue weighted by atomic mass is 10.0. The second kappa shape index (κ2) is 7.84. The molecule has 1 aromatic carbocycles. The molecule has 112 valence electrons. The summed E-state index contributed by atoms with van der Waals surface area (Å²) in [5, 5.41) is 0.673. The van der Waals surface area contributed by atoms with E-state index in [0.29, 0.717) is 10.6 Å². The molecule has 0 radical (unpaired) electrons. The molecule has 4 nitrogen and oxygen atoms in total. The molecule has 0 aromatic heterocycles. The molecule has 1 aliphatic rings. The monoisotopic (exact) mass is 318 g/mol. The van der Waals surface area contributed by atoms with Gasteiger partial charge < -0.3 is 10.5 Å². The topological polar surface area (TPSA) is 55.6 Å². The number of nitrogens with two attached hydrogens (primary N) is 1. The SMILES string of the molecule is COC(=O)c1ccc(Cl)c(CN2CCC[C@@H](N)C2)c1.Cl. The smallest absolute Gasteiger partial charge is 0.337 e. The van der Waals surface area contributed by atoms with Gasteiger partial charge in [-0.1, -0.05) is 11.6 Å². The highest BCUT2D eigenvalue weighted by Gasteiger charge is 2.18. The summed E-state index contributed by atoms with van der Waals surface area (Å²) in [5.74, 6) is -0.340. The number of benzene rings is 1. The van der Waals surface area contributed by atoms with E-state index in [1.54, 1.807) is 18.2 Å². The lowest BCUT2D eigenvalue weighted by Gasteiger charge is -2.30. The minimum Gasteiger partial charge on any atom is -0.465 e.